The topological polar surface area (TPSA) is 468 Å². The van der Waals surface area contributed by atoms with E-state index in [0.717, 1.165) is 81.4 Å². The summed E-state index contributed by atoms with van der Waals surface area (Å²) in [5, 5.41) is 25.1. The van der Waals surface area contributed by atoms with E-state index in [0.29, 0.717) is 137 Å². The van der Waals surface area contributed by atoms with Crippen molar-refractivity contribution in [1.29, 1.82) is 0 Å². The van der Waals surface area contributed by atoms with Crippen LogP contribution in [0.1, 0.15) is 131 Å². The lowest BCUT2D eigenvalue weighted by atomic mass is 10.1. The van der Waals surface area contributed by atoms with Crippen molar-refractivity contribution in [2.75, 3.05) is 32.3 Å². The molecular weight excluding hydrogens is 2050 g/mol. The van der Waals surface area contributed by atoms with Crippen molar-refractivity contribution in [2.45, 2.75) is 103 Å². The summed E-state index contributed by atoms with van der Waals surface area (Å²) in [6.45, 7) is 9.66. The van der Waals surface area contributed by atoms with Crippen molar-refractivity contribution >= 4 is 226 Å². The second-order valence-corrected chi connectivity index (χ2v) is 38.0. The van der Waals surface area contributed by atoms with E-state index in [4.69, 9.17) is 86.9 Å². The summed E-state index contributed by atoms with van der Waals surface area (Å²) in [6.07, 6.45) is 9.59. The lowest BCUT2D eigenvalue weighted by Crippen LogP contribution is -2.26. The van der Waals surface area contributed by atoms with Crippen molar-refractivity contribution < 1.29 is 8.78 Å². The first-order valence-corrected chi connectivity index (χ1v) is 49.4. The third-order valence-corrected chi connectivity index (χ3v) is 27.3. The van der Waals surface area contributed by atoms with Crippen molar-refractivity contribution in [3.8, 4) is 17.1 Å². The Morgan fingerprint density at radius 3 is 0.819 bits per heavy atom. The molecule has 0 bridgehead atoms. The number of aromatic amines is 5. The highest BCUT2D eigenvalue weighted by molar-refractivity contribution is 6.37. The molecule has 15 heterocycles. The minimum absolute atomic E-state index is 0.0540. The summed E-state index contributed by atoms with van der Waals surface area (Å²) in [5.74, 6) is 2.21. The van der Waals surface area contributed by atoms with Crippen LogP contribution < -0.4 is 60.1 Å². The molecule has 25 rings (SSSR count). The molecule has 5 atom stereocenters. The lowest BCUT2D eigenvalue weighted by molar-refractivity contribution is 0.543. The maximum atomic E-state index is 13.9. The van der Waals surface area contributed by atoms with Crippen LogP contribution in [-0.4, -0.2) is 123 Å². The van der Waals surface area contributed by atoms with E-state index in [9.17, 15) is 32.8 Å². The smallest absolute Gasteiger partial charge is 0.312 e. The number of para-hydroxylation sites is 3. The fourth-order valence-electron chi connectivity index (χ4n) is 18.3. The Balaban J connectivity index is 0.000000109. The molecule has 0 amide bonds. The minimum atomic E-state index is -0.889. The van der Waals surface area contributed by atoms with E-state index in [1.807, 2.05) is 215 Å². The molecule has 12 N–H and O–H groups in total. The molecule has 0 unspecified atom stereocenters. The molecule has 0 saturated heterocycles. The number of hydrogen-bond acceptors (Lipinski definition) is 26. The molecule has 746 valence electrons. The van der Waals surface area contributed by atoms with Gasteiger partial charge in [-0.15, -0.1) is 0 Å². The molecule has 2 fully saturated rings. The number of nitrogens with two attached hydrogens (primary N) is 1. The highest BCUT2D eigenvalue weighted by Gasteiger charge is 2.34. The Bertz CT molecular complexity index is 8760. The van der Waals surface area contributed by atoms with Crippen LogP contribution in [-0.2, 0) is 0 Å². The van der Waals surface area contributed by atoms with Gasteiger partial charge in [0.25, 0.3) is 27.8 Å². The maximum Gasteiger partial charge on any atom is 0.312 e. The quantitative estimate of drug-likeness (QED) is 0.0316. The number of imidazole rings is 5. The summed E-state index contributed by atoms with van der Waals surface area (Å²) < 4.78 is 36.3. The molecule has 2 saturated carbocycles. The number of fused-ring (bicyclic) bond motifs is 10. The fraction of sp³-hybridized carbons (Fsp3) is 0.154. The van der Waals surface area contributed by atoms with Crippen molar-refractivity contribution in [2.24, 2.45) is 0 Å². The zero-order chi connectivity index (χ0) is 103. The van der Waals surface area contributed by atoms with E-state index in [-0.39, 0.29) is 97.7 Å². The molecule has 23 aromatic rings. The molecule has 0 aliphatic heterocycles. The van der Waals surface area contributed by atoms with Gasteiger partial charge in [0.05, 0.1) is 114 Å². The van der Waals surface area contributed by atoms with Gasteiger partial charge in [-0.2, -0.15) is 58.6 Å². The van der Waals surface area contributed by atoms with Gasteiger partial charge in [0.1, 0.15) is 27.6 Å². The first kappa shape index (κ1) is 98.3. The zero-order valence-corrected chi connectivity index (χ0v) is 84.2. The van der Waals surface area contributed by atoms with Crippen LogP contribution in [0.2, 0.25) is 35.7 Å². The first-order valence-electron chi connectivity index (χ1n) is 46.8. The van der Waals surface area contributed by atoms with Crippen LogP contribution in [0.3, 0.4) is 0 Å². The van der Waals surface area contributed by atoms with E-state index in [1.165, 1.54) is 25.3 Å². The molecule has 0 spiro atoms. The van der Waals surface area contributed by atoms with Gasteiger partial charge >= 0.3 is 12.2 Å². The van der Waals surface area contributed by atoms with Crippen LogP contribution in [0, 0.1) is 12.2 Å². The van der Waals surface area contributed by atoms with Gasteiger partial charge in [-0.05, 0) is 207 Å². The third-order valence-electron chi connectivity index (χ3n) is 25.4. The highest BCUT2D eigenvalue weighted by atomic mass is 35.5. The number of nitrogens with zero attached hydrogens (tertiary/aromatic N) is 20. The van der Waals surface area contributed by atoms with E-state index < -0.39 is 18.2 Å². The summed E-state index contributed by atoms with van der Waals surface area (Å²) in [7, 11) is 0. The second-order valence-electron chi connectivity index (χ2n) is 35.2. The summed E-state index contributed by atoms with van der Waals surface area (Å²) in [5.41, 5.74) is 15.9. The standard InChI is InChI=1S/C22H16Cl2N6O.C22H16ClFN6O.C22H18ClN7O.C19H16Cl2N6O.C19H16ClFN6O/c3*1-12(27-20-18-19(26-11-25-18)28-22(24)29-20)16-10-13-6-5-9-15(23)17(13)21(31)30(16)14-7-3-2-4-8-14;2*1-9(24-17-15-16(23-8-22-15)25-19(21)26-17)13-7-10-3-2-4-12(20)14(10)18(28)27(13)11-5-6-11/h2*2-12H,1H3,(H2,25,26,27,28,29);2-12H,1H3,(H4,24,25,26,27,28,29);2*2-4,7-9,11H,5-6H2,1H3,(H2,22,23,24,25,26)/t3*12-;2*9-/m00000/s1. The Morgan fingerprint density at radius 2 is 0.537 bits per heavy atom. The SMILES string of the molecule is C[C@H](Nc1nc(Cl)nc2nc[nH]c12)c1cc2cccc(Cl)c2c(=O)n1-c1ccccc1.C[C@H](Nc1nc(Cl)nc2nc[nH]c12)c1cc2cccc(Cl)c2c(=O)n1C1CC1.C[C@H](Nc1nc(F)nc2nc[nH]c12)c1cc2cccc(Cl)c2c(=O)n1-c1ccccc1.C[C@H](Nc1nc(F)nc2nc[nH]c12)c1cc2cccc(Cl)c2c(=O)n1C1CC1.C[C@H](Nc1nc(N)nc2nc[nH]c12)c1cc2cccc(Cl)c2c(=O)n1-c1ccccc1. The Kier molecular flexibility index (Phi) is 27.2. The third kappa shape index (κ3) is 19.7. The van der Waals surface area contributed by atoms with Crippen molar-refractivity contribution in [1.82, 2.24) is 123 Å². The van der Waals surface area contributed by atoms with Gasteiger partial charge in [0.2, 0.25) is 16.5 Å². The number of benzene rings is 8. The number of pyridine rings is 5. The van der Waals surface area contributed by atoms with Gasteiger partial charge in [-0.1, -0.05) is 173 Å². The normalized spacial score (nSPS) is 13.4. The second kappa shape index (κ2) is 41.3. The minimum Gasteiger partial charge on any atom is -0.368 e. The number of rotatable bonds is 20. The summed E-state index contributed by atoms with van der Waals surface area (Å²) in [6, 6.07) is 63.9. The van der Waals surface area contributed by atoms with Gasteiger partial charge in [0.15, 0.2) is 57.3 Å². The number of nitrogen functional groups attached to an aromatic ring is 1. The average Bonchev–Trinajstić information content (AvgIpc) is 1.75. The number of anilines is 6. The summed E-state index contributed by atoms with van der Waals surface area (Å²) in [4.78, 5) is 143. The van der Waals surface area contributed by atoms with Crippen LogP contribution in [0.15, 0.2) is 268 Å². The first-order chi connectivity index (χ1) is 72.1. The monoisotopic (exact) mass is 2130 g/mol. The molecular formula is C104H82Cl7F2N31O5. The molecule has 8 aromatic carbocycles. The van der Waals surface area contributed by atoms with Gasteiger partial charge in [-0.25, -0.2) is 24.9 Å². The highest BCUT2D eigenvalue weighted by Crippen LogP contribution is 2.42. The molecule has 2 aliphatic carbocycles. The predicted octanol–water partition coefficient (Wildman–Crippen LogP) is 22.3. The molecule has 45 heteroatoms. The zero-order valence-electron chi connectivity index (χ0n) is 78.9. The van der Waals surface area contributed by atoms with E-state index in [1.54, 1.807) is 61.0 Å². The van der Waals surface area contributed by atoms with Crippen molar-refractivity contribution in [3.63, 3.8) is 0 Å². The van der Waals surface area contributed by atoms with Gasteiger partial charge in [-0.3, -0.25) is 37.7 Å². The summed E-state index contributed by atoms with van der Waals surface area (Å²) >= 11 is 43.8. The number of aromatic nitrogens is 25. The fourth-order valence-corrected chi connectivity index (χ4v) is 19.9. The molecule has 0 radical (unpaired) electrons. The van der Waals surface area contributed by atoms with Gasteiger partial charge in [0, 0.05) is 57.6 Å². The Labute approximate surface area is 875 Å². The molecule has 149 heavy (non-hydrogen) atoms. The van der Waals surface area contributed by atoms with Crippen molar-refractivity contribution in [3.05, 3.63) is 372 Å². The lowest BCUT2D eigenvalue weighted by Gasteiger charge is -2.21. The number of H-pyrrole nitrogens is 5. The molecule has 2 aliphatic rings. The predicted molar refractivity (Wildman–Crippen MR) is 580 cm³/mol. The van der Waals surface area contributed by atoms with Crippen LogP contribution in [0.5, 0.6) is 0 Å². The number of halogens is 9. The average molecular weight is 2130 g/mol. The van der Waals surface area contributed by atoms with E-state index in [2.05, 4.69) is 126 Å². The largest absolute Gasteiger partial charge is 0.368 e. The van der Waals surface area contributed by atoms with Crippen LogP contribution in [0.25, 0.3) is 127 Å². The molecule has 15 aromatic heterocycles. The Morgan fingerprint density at radius 1 is 0.295 bits per heavy atom. The maximum absolute atomic E-state index is 13.9. The molecule has 36 nitrogen and oxygen atoms in total. The number of nitrogens with one attached hydrogen (secondary N) is 10. The van der Waals surface area contributed by atoms with Crippen LogP contribution >= 0.6 is 81.2 Å². The van der Waals surface area contributed by atoms with Gasteiger partial charge < -0.3 is 66.4 Å². The Hall–Kier alpha value is -16.8. The van der Waals surface area contributed by atoms with E-state index >= 15 is 0 Å². The number of hydrogen-bond donors (Lipinski definition) is 11. The van der Waals surface area contributed by atoms with Crippen LogP contribution in [0.4, 0.5) is 43.8 Å².